The fourth-order valence-electron chi connectivity index (χ4n) is 1.82. The fourth-order valence-corrected chi connectivity index (χ4v) is 2.48. The van der Waals surface area contributed by atoms with Gasteiger partial charge in [-0.2, -0.15) is 9.50 Å². The molecule has 1 aromatic heterocycles. The molecule has 0 spiro atoms. The molecular formula is C13H20N4O3S. The molecule has 0 saturated carbocycles. The lowest BCUT2D eigenvalue weighted by Gasteiger charge is -2.18. The average Bonchev–Trinajstić information content (AvgIpc) is 2.82. The van der Waals surface area contributed by atoms with Crippen molar-refractivity contribution in [2.24, 2.45) is 4.40 Å². The lowest BCUT2D eigenvalue weighted by molar-refractivity contribution is 0.0520. The molecule has 0 bridgehead atoms. The van der Waals surface area contributed by atoms with E-state index in [1.165, 1.54) is 0 Å². The van der Waals surface area contributed by atoms with Gasteiger partial charge < -0.3 is 10.1 Å². The van der Waals surface area contributed by atoms with Crippen LogP contribution in [-0.4, -0.2) is 44.0 Å². The summed E-state index contributed by atoms with van der Waals surface area (Å²) in [6, 6.07) is 0. The quantitative estimate of drug-likeness (QED) is 0.827. The first kappa shape index (κ1) is 15.7. The molecule has 1 aliphatic heterocycles. The van der Waals surface area contributed by atoms with Crippen LogP contribution < -0.4 is 5.32 Å². The van der Waals surface area contributed by atoms with Crippen molar-refractivity contribution >= 4 is 28.4 Å². The van der Waals surface area contributed by atoms with Gasteiger partial charge in [0.2, 0.25) is 0 Å². The van der Waals surface area contributed by atoms with Gasteiger partial charge >= 0.3 is 5.97 Å². The van der Waals surface area contributed by atoms with Gasteiger partial charge in [0.05, 0.1) is 22.8 Å². The Morgan fingerprint density at radius 2 is 2.19 bits per heavy atom. The van der Waals surface area contributed by atoms with E-state index < -0.39 is 21.7 Å². The zero-order valence-electron chi connectivity index (χ0n) is 12.6. The van der Waals surface area contributed by atoms with E-state index in [1.54, 1.807) is 6.92 Å². The second kappa shape index (κ2) is 5.97. The number of esters is 1. The Balaban J connectivity index is 2.35. The fraction of sp³-hybridized carbons (Fsp3) is 0.615. The van der Waals surface area contributed by atoms with Gasteiger partial charge in [-0.3, -0.25) is 5.10 Å². The van der Waals surface area contributed by atoms with Crippen LogP contribution in [0, 0.1) is 0 Å². The molecule has 2 rings (SSSR count). The molecule has 1 atom stereocenters. The summed E-state index contributed by atoms with van der Waals surface area (Å²) < 4.78 is 21.0. The Morgan fingerprint density at radius 3 is 2.81 bits per heavy atom. The summed E-state index contributed by atoms with van der Waals surface area (Å²) in [5.41, 5.74) is 2.04. The summed E-state index contributed by atoms with van der Waals surface area (Å²) in [6.07, 6.45) is 0.613. The lowest BCUT2D eigenvalue weighted by atomic mass is 10.1. The van der Waals surface area contributed by atoms with Crippen LogP contribution in [0.1, 0.15) is 50.3 Å². The van der Waals surface area contributed by atoms with Gasteiger partial charge in [-0.05, 0) is 27.7 Å². The third-order valence-electron chi connectivity index (χ3n) is 2.90. The topological polar surface area (TPSA) is 96.4 Å². The van der Waals surface area contributed by atoms with Crippen LogP contribution in [0.25, 0.3) is 0 Å². The van der Waals surface area contributed by atoms with E-state index in [1.807, 2.05) is 20.8 Å². The molecular weight excluding hydrogens is 292 g/mol. The molecule has 8 heteroatoms. The Morgan fingerprint density at radius 1 is 1.48 bits per heavy atom. The van der Waals surface area contributed by atoms with Gasteiger partial charge in [-0.15, -0.1) is 0 Å². The number of anilines is 1. The molecule has 1 aliphatic rings. The minimum Gasteiger partial charge on any atom is -0.461 e. The van der Waals surface area contributed by atoms with E-state index >= 15 is 0 Å². The summed E-state index contributed by atoms with van der Waals surface area (Å²) in [5, 5.41) is 9.92. The zero-order valence-corrected chi connectivity index (χ0v) is 13.5. The first-order valence-electron chi connectivity index (χ1n) is 6.84. The van der Waals surface area contributed by atoms with E-state index in [4.69, 9.17) is 4.74 Å². The molecule has 0 fully saturated rings. The van der Waals surface area contributed by atoms with Crippen molar-refractivity contribution in [3.05, 3.63) is 11.4 Å². The molecule has 21 heavy (non-hydrogen) atoms. The van der Waals surface area contributed by atoms with E-state index in [0.717, 1.165) is 0 Å². The highest BCUT2D eigenvalue weighted by atomic mass is 32.2. The normalized spacial score (nSPS) is 18.0. The van der Waals surface area contributed by atoms with Crippen molar-refractivity contribution in [3.63, 3.8) is 0 Å². The zero-order chi connectivity index (χ0) is 15.6. The number of carbonyl (C=O) groups excluding carboxylic acids is 1. The van der Waals surface area contributed by atoms with E-state index in [-0.39, 0.29) is 5.69 Å². The van der Waals surface area contributed by atoms with Crippen molar-refractivity contribution in [2.45, 2.75) is 38.9 Å². The number of aromatic nitrogens is 2. The number of H-pyrrole nitrogens is 1. The molecule has 7 nitrogen and oxygen atoms in total. The maximum absolute atomic E-state index is 12.2. The predicted octanol–water partition coefficient (Wildman–Crippen LogP) is 1.65. The minimum absolute atomic E-state index is 0.279. The molecule has 1 aromatic rings. The van der Waals surface area contributed by atoms with Crippen molar-refractivity contribution in [1.29, 1.82) is 0 Å². The number of hydrogen-bond acceptors (Lipinski definition) is 5. The van der Waals surface area contributed by atoms with Crippen LogP contribution in [0.2, 0.25) is 0 Å². The largest absolute Gasteiger partial charge is 0.461 e. The maximum Gasteiger partial charge on any atom is 0.358 e. The van der Waals surface area contributed by atoms with E-state index in [0.29, 0.717) is 36.7 Å². The number of aromatic amines is 1. The van der Waals surface area contributed by atoms with Gasteiger partial charge in [0, 0.05) is 13.0 Å². The van der Waals surface area contributed by atoms with Crippen molar-refractivity contribution in [3.8, 4) is 0 Å². The standard InChI is InChI=1S/C13H20N4O3S/c1-5-20-12(18)11-10-9(15-16-11)8(6-7-14-10)17-21(19)13(2,3)4/h14H,5-7H2,1-4H3,(H,15,16)/t21-/m1/s1. The Kier molecular flexibility index (Phi) is 4.46. The minimum atomic E-state index is -1.36. The number of rotatable bonds is 3. The molecule has 0 radical (unpaired) electrons. The van der Waals surface area contributed by atoms with E-state index in [9.17, 15) is 9.00 Å². The maximum atomic E-state index is 12.2. The van der Waals surface area contributed by atoms with Gasteiger partial charge in [0.15, 0.2) is 5.69 Å². The molecule has 2 N–H and O–H groups in total. The number of nitrogens with one attached hydrogen (secondary N) is 2. The summed E-state index contributed by atoms with van der Waals surface area (Å²) in [6.45, 7) is 8.24. The molecule has 0 aromatic carbocycles. The highest BCUT2D eigenvalue weighted by Gasteiger charge is 2.28. The van der Waals surface area contributed by atoms with Crippen LogP contribution in [0.15, 0.2) is 4.40 Å². The van der Waals surface area contributed by atoms with Crippen LogP contribution in [-0.2, 0) is 15.7 Å². The first-order chi connectivity index (χ1) is 9.84. The Labute approximate surface area is 126 Å². The molecule has 0 saturated heterocycles. The molecule has 0 aliphatic carbocycles. The predicted molar refractivity (Wildman–Crippen MR) is 82.1 cm³/mol. The lowest BCUT2D eigenvalue weighted by Crippen LogP contribution is -2.24. The van der Waals surface area contributed by atoms with Gasteiger partial charge in [-0.25, -0.2) is 9.00 Å². The van der Waals surface area contributed by atoms with Gasteiger partial charge in [-0.1, -0.05) is 0 Å². The van der Waals surface area contributed by atoms with Crippen molar-refractivity contribution < 1.29 is 13.7 Å². The summed E-state index contributed by atoms with van der Waals surface area (Å²) in [5.74, 6) is -0.461. The molecule has 2 heterocycles. The molecule has 116 valence electrons. The van der Waals surface area contributed by atoms with Crippen LogP contribution in [0.4, 0.5) is 5.69 Å². The summed E-state index contributed by atoms with van der Waals surface area (Å²) in [4.78, 5) is 11.8. The highest BCUT2D eigenvalue weighted by Crippen LogP contribution is 2.26. The summed E-state index contributed by atoms with van der Waals surface area (Å²) in [7, 11) is -1.36. The smallest absolute Gasteiger partial charge is 0.358 e. The third-order valence-corrected chi connectivity index (χ3v) is 4.33. The van der Waals surface area contributed by atoms with Crippen LogP contribution in [0.3, 0.4) is 0 Å². The number of nitrogens with zero attached hydrogens (tertiary/aromatic N) is 2. The number of carbonyl (C=O) groups is 1. The van der Waals surface area contributed by atoms with Gasteiger partial charge in [0.25, 0.3) is 0 Å². The second-order valence-electron chi connectivity index (χ2n) is 5.62. The van der Waals surface area contributed by atoms with Crippen molar-refractivity contribution in [1.82, 2.24) is 10.2 Å². The van der Waals surface area contributed by atoms with Crippen LogP contribution >= 0.6 is 0 Å². The number of ether oxygens (including phenoxy) is 1. The first-order valence-corrected chi connectivity index (χ1v) is 7.94. The molecule has 0 unspecified atom stereocenters. The highest BCUT2D eigenvalue weighted by molar-refractivity contribution is 7.85. The summed E-state index contributed by atoms with van der Waals surface area (Å²) >= 11 is 0. The third kappa shape index (κ3) is 3.31. The number of hydrogen-bond donors (Lipinski definition) is 2. The van der Waals surface area contributed by atoms with Crippen LogP contribution in [0.5, 0.6) is 0 Å². The van der Waals surface area contributed by atoms with E-state index in [2.05, 4.69) is 19.9 Å². The Hall–Kier alpha value is -1.70. The second-order valence-corrected chi connectivity index (χ2v) is 7.52. The molecule has 0 amide bonds. The van der Waals surface area contributed by atoms with Crippen molar-refractivity contribution in [2.75, 3.05) is 18.5 Å². The average molecular weight is 312 g/mol. The monoisotopic (exact) mass is 312 g/mol. The Bertz CT molecular complexity index is 601. The number of fused-ring (bicyclic) bond motifs is 1. The SMILES string of the molecule is CCOC(=O)c1[nH]nc2c1NCCC2=N[S@](=O)C(C)(C)C. The van der Waals surface area contributed by atoms with Gasteiger partial charge in [0.1, 0.15) is 16.7 Å².